The van der Waals surface area contributed by atoms with Gasteiger partial charge in [0.15, 0.2) is 11.8 Å². The molecule has 4 rings (SSSR count). The van der Waals surface area contributed by atoms with E-state index in [2.05, 4.69) is 9.84 Å². The highest BCUT2D eigenvalue weighted by Gasteiger charge is 2.47. The first-order chi connectivity index (χ1) is 15.6. The molecule has 0 bridgehead atoms. The van der Waals surface area contributed by atoms with Gasteiger partial charge in [-0.2, -0.15) is 18.3 Å². The Balaban J connectivity index is 1.42. The summed E-state index contributed by atoms with van der Waals surface area (Å²) in [5.41, 5.74) is 0.648. The van der Waals surface area contributed by atoms with E-state index in [0.717, 1.165) is 25.5 Å². The van der Waals surface area contributed by atoms with Gasteiger partial charge in [0.05, 0.1) is 5.69 Å². The normalized spacial score (nSPS) is 19.1. The number of ether oxygens (including phenoxy) is 1. The van der Waals surface area contributed by atoms with Crippen LogP contribution in [0.15, 0.2) is 36.5 Å². The van der Waals surface area contributed by atoms with Crippen LogP contribution in [0.3, 0.4) is 0 Å². The van der Waals surface area contributed by atoms with Crippen LogP contribution in [0.2, 0.25) is 5.02 Å². The lowest BCUT2D eigenvalue weighted by Crippen LogP contribution is -2.55. The lowest BCUT2D eigenvalue weighted by Gasteiger charge is -2.44. The molecule has 0 N–H and O–H groups in total. The number of hydrogen-bond donors (Lipinski definition) is 0. The van der Waals surface area contributed by atoms with Crippen molar-refractivity contribution in [1.29, 1.82) is 0 Å². The number of aromatic nitrogens is 2. The molecule has 0 aliphatic carbocycles. The summed E-state index contributed by atoms with van der Waals surface area (Å²) in [5.74, 6) is -0.193. The van der Waals surface area contributed by atoms with Crippen molar-refractivity contribution in [2.45, 2.75) is 50.4 Å². The molecule has 3 heterocycles. The second-order valence-electron chi connectivity index (χ2n) is 8.46. The summed E-state index contributed by atoms with van der Waals surface area (Å²) < 4.78 is 44.2. The van der Waals surface area contributed by atoms with Crippen LogP contribution in [0.5, 0.6) is 0 Å². The van der Waals surface area contributed by atoms with E-state index >= 15 is 0 Å². The van der Waals surface area contributed by atoms with Gasteiger partial charge in [0.2, 0.25) is 0 Å². The van der Waals surface area contributed by atoms with Crippen molar-refractivity contribution in [2.24, 2.45) is 0 Å². The predicted octanol–water partition coefficient (Wildman–Crippen LogP) is 4.68. The van der Waals surface area contributed by atoms with Gasteiger partial charge in [-0.1, -0.05) is 11.6 Å². The van der Waals surface area contributed by atoms with Crippen molar-refractivity contribution in [3.63, 3.8) is 0 Å². The van der Waals surface area contributed by atoms with E-state index in [4.69, 9.17) is 11.6 Å². The fourth-order valence-electron chi connectivity index (χ4n) is 4.49. The van der Waals surface area contributed by atoms with Crippen molar-refractivity contribution in [3.05, 3.63) is 47.2 Å². The van der Waals surface area contributed by atoms with Gasteiger partial charge < -0.3 is 14.5 Å². The number of alkyl halides is 3. The average Bonchev–Trinajstić information content (AvgIpc) is 3.41. The third kappa shape index (κ3) is 4.80. The zero-order valence-electron chi connectivity index (χ0n) is 18.0. The second kappa shape index (κ2) is 8.89. The maximum Gasteiger partial charge on any atom is 0.425 e. The highest BCUT2D eigenvalue weighted by atomic mass is 35.5. The first kappa shape index (κ1) is 23.4. The van der Waals surface area contributed by atoms with Gasteiger partial charge in [0.1, 0.15) is 0 Å². The first-order valence-electron chi connectivity index (χ1n) is 10.7. The number of nitrogens with zero attached hydrogens (tertiary/aromatic N) is 4. The summed E-state index contributed by atoms with van der Waals surface area (Å²) in [5, 5.41) is 5.02. The maximum atomic E-state index is 13.3. The fourth-order valence-corrected chi connectivity index (χ4v) is 4.61. The van der Waals surface area contributed by atoms with Crippen LogP contribution < -0.4 is 0 Å². The molecule has 2 aliphatic heterocycles. The largest absolute Gasteiger partial charge is 0.437 e. The number of likely N-dealkylation sites (tertiary alicyclic amines) is 2. The molecule has 7 nitrogen and oxygen atoms in total. The number of amides is 2. The molecule has 1 spiro atoms. The van der Waals surface area contributed by atoms with Crippen LogP contribution in [0.4, 0.5) is 18.0 Å². The van der Waals surface area contributed by atoms with E-state index in [9.17, 15) is 22.8 Å². The molecule has 1 aromatic carbocycles. The van der Waals surface area contributed by atoms with Gasteiger partial charge in [-0.05, 0) is 62.9 Å². The number of carbonyl (C=O) groups is 2. The molecular weight excluding hydrogens is 461 g/mol. The van der Waals surface area contributed by atoms with Crippen LogP contribution in [-0.2, 0) is 4.74 Å². The van der Waals surface area contributed by atoms with Crippen LogP contribution in [0.25, 0.3) is 5.69 Å². The minimum absolute atomic E-state index is 0.193. The summed E-state index contributed by atoms with van der Waals surface area (Å²) in [6, 6.07) is 8.74. The molecular formula is C22H24ClF3N4O3. The van der Waals surface area contributed by atoms with Crippen molar-refractivity contribution in [1.82, 2.24) is 19.6 Å². The molecule has 2 fully saturated rings. The summed E-state index contributed by atoms with van der Waals surface area (Å²) in [4.78, 5) is 28.5. The molecule has 1 aromatic heterocycles. The predicted molar refractivity (Wildman–Crippen MR) is 114 cm³/mol. The summed E-state index contributed by atoms with van der Waals surface area (Å²) in [7, 11) is 0. The molecule has 11 heteroatoms. The van der Waals surface area contributed by atoms with Crippen LogP contribution in [-0.4, -0.2) is 69.0 Å². The number of rotatable bonds is 3. The number of benzene rings is 1. The standard InChI is InChI=1S/C22H24ClF3N4O3/c1-15(22(24,25)26)33-20(32)28-13-9-21(10-14-28)8-2-11-29(21)19(31)18-7-12-30(27-18)17-5-3-16(23)4-6-17/h3-7,12,15H,2,8-11,13-14H2,1H3. The minimum atomic E-state index is -4.60. The Labute approximate surface area is 194 Å². The summed E-state index contributed by atoms with van der Waals surface area (Å²) in [6.07, 6.45) is -3.49. The van der Waals surface area contributed by atoms with Gasteiger partial charge in [0, 0.05) is 36.4 Å². The quantitative estimate of drug-likeness (QED) is 0.634. The zero-order chi connectivity index (χ0) is 23.8. The van der Waals surface area contributed by atoms with E-state index in [1.807, 2.05) is 4.90 Å². The number of carbonyl (C=O) groups excluding carboxylic acids is 2. The Bertz CT molecular complexity index is 1020. The SMILES string of the molecule is CC(OC(=O)N1CCC2(CCCN2C(=O)c2ccn(-c3ccc(Cl)cc3)n2)CC1)C(F)(F)F. The average molecular weight is 485 g/mol. The Hall–Kier alpha value is -2.75. The van der Waals surface area contributed by atoms with Crippen LogP contribution in [0, 0.1) is 0 Å². The zero-order valence-corrected chi connectivity index (χ0v) is 18.8. The van der Waals surface area contributed by atoms with Crippen molar-refractivity contribution in [2.75, 3.05) is 19.6 Å². The number of halogens is 4. The van der Waals surface area contributed by atoms with Gasteiger partial charge >= 0.3 is 12.3 Å². The monoisotopic (exact) mass is 484 g/mol. The highest BCUT2D eigenvalue weighted by Crippen LogP contribution is 2.39. The summed E-state index contributed by atoms with van der Waals surface area (Å²) >= 11 is 5.93. The number of hydrogen-bond acceptors (Lipinski definition) is 4. The van der Waals surface area contributed by atoms with E-state index in [1.54, 1.807) is 41.2 Å². The molecule has 1 atom stereocenters. The Morgan fingerprint density at radius 1 is 1.09 bits per heavy atom. The van der Waals surface area contributed by atoms with E-state index < -0.39 is 23.9 Å². The Kier molecular flexibility index (Phi) is 6.30. The molecule has 1 unspecified atom stereocenters. The smallest absolute Gasteiger partial charge is 0.425 e. The third-order valence-electron chi connectivity index (χ3n) is 6.43. The van der Waals surface area contributed by atoms with E-state index in [0.29, 0.717) is 30.1 Å². The minimum Gasteiger partial charge on any atom is -0.437 e. The molecule has 33 heavy (non-hydrogen) atoms. The molecule has 0 radical (unpaired) electrons. The molecule has 0 saturated carbocycles. The van der Waals surface area contributed by atoms with Gasteiger partial charge in [-0.25, -0.2) is 9.48 Å². The lowest BCUT2D eigenvalue weighted by molar-refractivity contribution is -0.200. The van der Waals surface area contributed by atoms with Gasteiger partial charge in [-0.3, -0.25) is 4.79 Å². The maximum absolute atomic E-state index is 13.3. The van der Waals surface area contributed by atoms with Crippen molar-refractivity contribution < 1.29 is 27.5 Å². The highest BCUT2D eigenvalue weighted by molar-refractivity contribution is 6.30. The molecule has 2 aromatic rings. The van der Waals surface area contributed by atoms with Crippen LogP contribution in [0.1, 0.15) is 43.1 Å². The summed E-state index contributed by atoms with van der Waals surface area (Å²) in [6.45, 7) is 1.84. The Morgan fingerprint density at radius 2 is 1.76 bits per heavy atom. The van der Waals surface area contributed by atoms with E-state index in [-0.39, 0.29) is 19.0 Å². The van der Waals surface area contributed by atoms with Gasteiger partial charge in [-0.15, -0.1) is 0 Å². The number of piperidine rings is 1. The first-order valence-corrected chi connectivity index (χ1v) is 11.1. The van der Waals surface area contributed by atoms with Crippen molar-refractivity contribution in [3.8, 4) is 5.69 Å². The molecule has 2 amide bonds. The molecule has 2 aliphatic rings. The van der Waals surface area contributed by atoms with Gasteiger partial charge in [0.25, 0.3) is 5.91 Å². The third-order valence-corrected chi connectivity index (χ3v) is 6.68. The van der Waals surface area contributed by atoms with E-state index in [1.165, 1.54) is 4.90 Å². The fraction of sp³-hybridized carbons (Fsp3) is 0.500. The molecule has 178 valence electrons. The Morgan fingerprint density at radius 3 is 2.39 bits per heavy atom. The lowest BCUT2D eigenvalue weighted by atomic mass is 9.85. The topological polar surface area (TPSA) is 67.7 Å². The molecule has 2 saturated heterocycles. The van der Waals surface area contributed by atoms with Crippen molar-refractivity contribution >= 4 is 23.6 Å². The van der Waals surface area contributed by atoms with Crippen LogP contribution >= 0.6 is 11.6 Å². The second-order valence-corrected chi connectivity index (χ2v) is 8.90.